The van der Waals surface area contributed by atoms with E-state index in [0.717, 1.165) is 18.4 Å². The highest BCUT2D eigenvalue weighted by molar-refractivity contribution is 7.89. The molecule has 144 valence electrons. The van der Waals surface area contributed by atoms with Crippen molar-refractivity contribution in [3.05, 3.63) is 64.2 Å². The maximum Gasteiger partial charge on any atom is 0.289 e. The Balaban J connectivity index is 2.00. The fraction of sp³-hybridized carbons (Fsp3) is 0.368. The molecular weight excluding hydrogens is 368 g/mol. The molecule has 0 radical (unpaired) electrons. The standard InChI is InChI=1S/C19H22N2O5S/c1-14(16-9-10-16)20(13-15-7-11-17(26-2)12-8-15)27(24,25)19-6-4-3-5-18(19)21(22)23/h3-8,11-12,14,16H,9-10,13H2,1-2H3. The van der Waals surface area contributed by atoms with Gasteiger partial charge in [0.05, 0.1) is 12.0 Å². The number of rotatable bonds is 8. The molecule has 2 aromatic rings. The van der Waals surface area contributed by atoms with Crippen molar-refractivity contribution in [3.63, 3.8) is 0 Å². The topological polar surface area (TPSA) is 89.8 Å². The highest BCUT2D eigenvalue weighted by atomic mass is 32.2. The van der Waals surface area contributed by atoms with Crippen LogP contribution in [0.2, 0.25) is 0 Å². The van der Waals surface area contributed by atoms with Gasteiger partial charge in [-0.15, -0.1) is 0 Å². The molecule has 0 aliphatic heterocycles. The summed E-state index contributed by atoms with van der Waals surface area (Å²) in [5.41, 5.74) is 0.394. The number of nitrogens with zero attached hydrogens (tertiary/aromatic N) is 2. The van der Waals surface area contributed by atoms with Crippen LogP contribution in [0.25, 0.3) is 0 Å². The molecule has 1 unspecified atom stereocenters. The molecular formula is C19H22N2O5S. The minimum Gasteiger partial charge on any atom is -0.497 e. The molecule has 7 nitrogen and oxygen atoms in total. The molecule has 1 aliphatic carbocycles. The van der Waals surface area contributed by atoms with E-state index in [-0.39, 0.29) is 23.4 Å². The van der Waals surface area contributed by atoms with E-state index in [1.807, 2.05) is 6.92 Å². The molecule has 1 aliphatic rings. The van der Waals surface area contributed by atoms with Crippen LogP contribution < -0.4 is 4.74 Å². The van der Waals surface area contributed by atoms with Gasteiger partial charge in [0.15, 0.2) is 4.90 Å². The molecule has 0 N–H and O–H groups in total. The van der Waals surface area contributed by atoms with Crippen molar-refractivity contribution in [1.29, 1.82) is 0 Å². The smallest absolute Gasteiger partial charge is 0.289 e. The third kappa shape index (κ3) is 4.12. The average molecular weight is 390 g/mol. The van der Waals surface area contributed by atoms with Crippen molar-refractivity contribution in [2.75, 3.05) is 7.11 Å². The lowest BCUT2D eigenvalue weighted by molar-refractivity contribution is -0.387. The summed E-state index contributed by atoms with van der Waals surface area (Å²) >= 11 is 0. The van der Waals surface area contributed by atoms with Gasteiger partial charge in [-0.1, -0.05) is 24.3 Å². The van der Waals surface area contributed by atoms with Crippen molar-refractivity contribution in [2.45, 2.75) is 37.2 Å². The maximum absolute atomic E-state index is 13.4. The molecule has 0 aromatic heterocycles. The number of nitro benzene ring substituents is 1. The number of methoxy groups -OCH3 is 1. The third-order valence-corrected chi connectivity index (χ3v) is 6.88. The van der Waals surface area contributed by atoms with E-state index in [2.05, 4.69) is 0 Å². The van der Waals surface area contributed by atoms with E-state index in [9.17, 15) is 18.5 Å². The van der Waals surface area contributed by atoms with Gasteiger partial charge in [0, 0.05) is 18.7 Å². The molecule has 1 fully saturated rings. The summed E-state index contributed by atoms with van der Waals surface area (Å²) in [5, 5.41) is 11.3. The van der Waals surface area contributed by atoms with Gasteiger partial charge in [-0.2, -0.15) is 4.31 Å². The zero-order valence-corrected chi connectivity index (χ0v) is 16.1. The summed E-state index contributed by atoms with van der Waals surface area (Å²) < 4.78 is 33.2. The summed E-state index contributed by atoms with van der Waals surface area (Å²) in [5.74, 6) is 0.961. The molecule has 0 bridgehead atoms. The van der Waals surface area contributed by atoms with Crippen molar-refractivity contribution in [1.82, 2.24) is 4.31 Å². The SMILES string of the molecule is COc1ccc(CN(C(C)C2CC2)S(=O)(=O)c2ccccc2[N+](=O)[O-])cc1. The molecule has 0 heterocycles. The van der Waals surface area contributed by atoms with Crippen LogP contribution in [-0.2, 0) is 16.6 Å². The minimum atomic E-state index is -4.03. The van der Waals surface area contributed by atoms with Gasteiger partial charge < -0.3 is 4.74 Å². The number of para-hydroxylation sites is 1. The van der Waals surface area contributed by atoms with Crippen molar-refractivity contribution < 1.29 is 18.1 Å². The zero-order chi connectivity index (χ0) is 19.6. The fourth-order valence-electron chi connectivity index (χ4n) is 3.12. The largest absolute Gasteiger partial charge is 0.497 e. The molecule has 8 heteroatoms. The van der Waals surface area contributed by atoms with Crippen LogP contribution in [0.4, 0.5) is 5.69 Å². The number of sulfonamides is 1. The van der Waals surface area contributed by atoms with E-state index in [1.165, 1.54) is 28.6 Å². The number of benzene rings is 2. The van der Waals surface area contributed by atoms with E-state index in [0.29, 0.717) is 5.75 Å². The van der Waals surface area contributed by atoms with E-state index >= 15 is 0 Å². The Labute approximate surface area is 158 Å². The summed E-state index contributed by atoms with van der Waals surface area (Å²) in [7, 11) is -2.47. The number of nitro groups is 1. The molecule has 2 aromatic carbocycles. The number of ether oxygens (including phenoxy) is 1. The second-order valence-corrected chi connectivity index (χ2v) is 8.56. The predicted molar refractivity (Wildman–Crippen MR) is 101 cm³/mol. The van der Waals surface area contributed by atoms with Gasteiger partial charge in [-0.3, -0.25) is 10.1 Å². The Bertz CT molecular complexity index is 923. The summed E-state index contributed by atoms with van der Waals surface area (Å²) in [6.45, 7) is 2.02. The number of hydrogen-bond donors (Lipinski definition) is 0. The number of hydrogen-bond acceptors (Lipinski definition) is 5. The first-order valence-electron chi connectivity index (χ1n) is 8.73. The Kier molecular flexibility index (Phi) is 5.48. The van der Waals surface area contributed by atoms with Gasteiger partial charge in [0.25, 0.3) is 5.69 Å². The molecule has 3 rings (SSSR count). The Morgan fingerprint density at radius 3 is 2.37 bits per heavy atom. The van der Waals surface area contributed by atoms with Gasteiger partial charge in [-0.25, -0.2) is 8.42 Å². The van der Waals surface area contributed by atoms with Crippen LogP contribution >= 0.6 is 0 Å². The van der Waals surface area contributed by atoms with E-state index < -0.39 is 20.6 Å². The second-order valence-electron chi connectivity index (χ2n) is 6.70. The lowest BCUT2D eigenvalue weighted by Gasteiger charge is -2.28. The molecule has 27 heavy (non-hydrogen) atoms. The summed E-state index contributed by atoms with van der Waals surface area (Å²) in [6, 6.07) is 12.4. The molecule has 1 atom stereocenters. The fourth-order valence-corrected chi connectivity index (χ4v) is 4.96. The molecule has 1 saturated carbocycles. The first kappa shape index (κ1) is 19.3. The van der Waals surface area contributed by atoms with Crippen LogP contribution in [0.5, 0.6) is 5.75 Å². The summed E-state index contributed by atoms with van der Waals surface area (Å²) in [4.78, 5) is 10.4. The Morgan fingerprint density at radius 1 is 1.19 bits per heavy atom. The second kappa shape index (κ2) is 7.66. The van der Waals surface area contributed by atoms with E-state index in [1.54, 1.807) is 31.4 Å². The minimum absolute atomic E-state index is 0.149. The molecule has 0 spiro atoms. The van der Waals surface area contributed by atoms with Gasteiger partial charge in [0.1, 0.15) is 5.75 Å². The highest BCUT2D eigenvalue weighted by Crippen LogP contribution is 2.39. The zero-order valence-electron chi connectivity index (χ0n) is 15.2. The third-order valence-electron chi connectivity index (χ3n) is 4.90. The maximum atomic E-state index is 13.4. The lowest BCUT2D eigenvalue weighted by Crippen LogP contribution is -2.39. The van der Waals surface area contributed by atoms with Crippen LogP contribution in [0.3, 0.4) is 0 Å². The Hall–Kier alpha value is -2.45. The van der Waals surface area contributed by atoms with Crippen molar-refractivity contribution >= 4 is 15.7 Å². The van der Waals surface area contributed by atoms with Crippen LogP contribution in [0, 0.1) is 16.0 Å². The highest BCUT2D eigenvalue weighted by Gasteiger charge is 2.40. The predicted octanol–water partition coefficient (Wildman–Crippen LogP) is 3.59. The lowest BCUT2D eigenvalue weighted by atomic mass is 10.1. The van der Waals surface area contributed by atoms with Crippen molar-refractivity contribution in [3.8, 4) is 5.75 Å². The normalized spacial score (nSPS) is 15.5. The average Bonchev–Trinajstić information content (AvgIpc) is 3.51. The van der Waals surface area contributed by atoms with E-state index in [4.69, 9.17) is 4.74 Å². The first-order chi connectivity index (χ1) is 12.8. The van der Waals surface area contributed by atoms with Crippen LogP contribution in [0.1, 0.15) is 25.3 Å². The van der Waals surface area contributed by atoms with Gasteiger partial charge in [0.2, 0.25) is 10.0 Å². The summed E-state index contributed by atoms with van der Waals surface area (Å²) in [6.07, 6.45) is 1.93. The van der Waals surface area contributed by atoms with Crippen LogP contribution in [0.15, 0.2) is 53.4 Å². The van der Waals surface area contributed by atoms with Gasteiger partial charge >= 0.3 is 0 Å². The monoisotopic (exact) mass is 390 g/mol. The van der Waals surface area contributed by atoms with Crippen molar-refractivity contribution in [2.24, 2.45) is 5.92 Å². The quantitative estimate of drug-likeness (QED) is 0.507. The van der Waals surface area contributed by atoms with Gasteiger partial charge in [-0.05, 0) is 49.4 Å². The molecule has 0 amide bonds. The van der Waals surface area contributed by atoms with Crippen LogP contribution in [-0.4, -0.2) is 30.8 Å². The first-order valence-corrected chi connectivity index (χ1v) is 10.2. The Morgan fingerprint density at radius 2 is 1.81 bits per heavy atom. The molecule has 0 saturated heterocycles.